The molecule has 0 saturated carbocycles. The Kier molecular flexibility index (Phi) is 6.23. The summed E-state index contributed by atoms with van der Waals surface area (Å²) in [5, 5.41) is 8.93. The Morgan fingerprint density at radius 3 is 2.50 bits per heavy atom. The number of rotatable bonds is 6. The van der Waals surface area contributed by atoms with E-state index in [2.05, 4.69) is 6.07 Å². The number of nitriles is 1. The van der Waals surface area contributed by atoms with Gasteiger partial charge in [-0.1, -0.05) is 24.3 Å². The molecule has 0 atom stereocenters. The molecule has 3 aromatic carbocycles. The molecule has 0 aromatic heterocycles. The largest absolute Gasteiger partial charge is 0.495 e. The van der Waals surface area contributed by atoms with Crippen molar-refractivity contribution in [1.29, 1.82) is 5.26 Å². The SMILES string of the molecule is COc1cccc(C(=O)N(C)c2ccc(C)cc2OCc2ccc(C#N)cc2)c1N. The van der Waals surface area contributed by atoms with Crippen LogP contribution in [-0.4, -0.2) is 20.1 Å². The topological polar surface area (TPSA) is 88.6 Å². The summed E-state index contributed by atoms with van der Waals surface area (Å²) in [6, 6.07) is 20.0. The van der Waals surface area contributed by atoms with Gasteiger partial charge in [0.25, 0.3) is 5.91 Å². The minimum absolute atomic E-state index is 0.265. The summed E-state index contributed by atoms with van der Waals surface area (Å²) < 4.78 is 11.3. The van der Waals surface area contributed by atoms with Crippen LogP contribution in [0.15, 0.2) is 60.7 Å². The second-order valence-electron chi connectivity index (χ2n) is 6.85. The second kappa shape index (κ2) is 9.01. The number of nitrogens with zero attached hydrogens (tertiary/aromatic N) is 2. The summed E-state index contributed by atoms with van der Waals surface area (Å²) in [7, 11) is 3.19. The van der Waals surface area contributed by atoms with Crippen molar-refractivity contribution < 1.29 is 14.3 Å². The first kappa shape index (κ1) is 20.7. The maximum absolute atomic E-state index is 13.1. The molecule has 0 fully saturated rings. The highest BCUT2D eigenvalue weighted by molar-refractivity contribution is 6.10. The lowest BCUT2D eigenvalue weighted by molar-refractivity contribution is 0.0992. The lowest BCUT2D eigenvalue weighted by Crippen LogP contribution is -2.27. The highest BCUT2D eigenvalue weighted by atomic mass is 16.5. The third-order valence-corrected chi connectivity index (χ3v) is 4.78. The maximum atomic E-state index is 13.1. The molecule has 6 heteroatoms. The molecule has 0 saturated heterocycles. The Bertz CT molecular complexity index is 1100. The molecule has 0 unspecified atom stereocenters. The second-order valence-corrected chi connectivity index (χ2v) is 6.85. The van der Waals surface area contributed by atoms with Crippen molar-refractivity contribution in [3.63, 3.8) is 0 Å². The zero-order chi connectivity index (χ0) is 21.7. The Labute approximate surface area is 176 Å². The predicted octanol–water partition coefficient (Wildman–Crippen LogP) is 4.31. The smallest absolute Gasteiger partial charge is 0.260 e. The van der Waals surface area contributed by atoms with E-state index in [0.717, 1.165) is 11.1 Å². The number of ether oxygens (including phenoxy) is 2. The van der Waals surface area contributed by atoms with Crippen molar-refractivity contribution in [2.75, 3.05) is 24.8 Å². The Morgan fingerprint density at radius 2 is 1.83 bits per heavy atom. The first-order valence-corrected chi connectivity index (χ1v) is 9.37. The Balaban J connectivity index is 1.86. The van der Waals surface area contributed by atoms with Crippen LogP contribution in [0.25, 0.3) is 0 Å². The number of aryl methyl sites for hydroxylation is 1. The van der Waals surface area contributed by atoms with Gasteiger partial charge in [0.1, 0.15) is 18.1 Å². The van der Waals surface area contributed by atoms with Crippen molar-refractivity contribution in [1.82, 2.24) is 0 Å². The van der Waals surface area contributed by atoms with Gasteiger partial charge in [-0.25, -0.2) is 0 Å². The van der Waals surface area contributed by atoms with Crippen molar-refractivity contribution in [2.24, 2.45) is 0 Å². The van der Waals surface area contributed by atoms with E-state index in [4.69, 9.17) is 20.5 Å². The molecular weight excluding hydrogens is 378 g/mol. The fourth-order valence-corrected chi connectivity index (χ4v) is 3.05. The highest BCUT2D eigenvalue weighted by Gasteiger charge is 2.21. The van der Waals surface area contributed by atoms with E-state index >= 15 is 0 Å². The summed E-state index contributed by atoms with van der Waals surface area (Å²) in [6.07, 6.45) is 0. The van der Waals surface area contributed by atoms with Crippen molar-refractivity contribution >= 4 is 17.3 Å². The molecule has 3 rings (SSSR count). The molecule has 30 heavy (non-hydrogen) atoms. The minimum atomic E-state index is -0.265. The van der Waals surface area contributed by atoms with Crippen LogP contribution in [0.2, 0.25) is 0 Å². The van der Waals surface area contributed by atoms with Gasteiger partial charge in [0, 0.05) is 7.05 Å². The summed E-state index contributed by atoms with van der Waals surface area (Å²) in [6.45, 7) is 2.27. The molecule has 6 nitrogen and oxygen atoms in total. The average Bonchev–Trinajstić information content (AvgIpc) is 2.77. The number of nitrogens with two attached hydrogens (primary N) is 1. The van der Waals surface area contributed by atoms with E-state index in [1.54, 1.807) is 37.4 Å². The number of benzene rings is 3. The molecule has 0 spiro atoms. The van der Waals surface area contributed by atoms with Crippen molar-refractivity contribution in [2.45, 2.75) is 13.5 Å². The third-order valence-electron chi connectivity index (χ3n) is 4.78. The summed E-state index contributed by atoms with van der Waals surface area (Å²) in [5.74, 6) is 0.769. The fraction of sp³-hybridized carbons (Fsp3) is 0.167. The van der Waals surface area contributed by atoms with Gasteiger partial charge in [-0.2, -0.15) is 5.26 Å². The Morgan fingerprint density at radius 1 is 1.10 bits per heavy atom. The number of hydrogen-bond donors (Lipinski definition) is 1. The number of amides is 1. The lowest BCUT2D eigenvalue weighted by atomic mass is 10.1. The maximum Gasteiger partial charge on any atom is 0.260 e. The van der Waals surface area contributed by atoms with Crippen LogP contribution in [0.4, 0.5) is 11.4 Å². The number of carbonyl (C=O) groups excluding carboxylic acids is 1. The molecule has 0 aliphatic heterocycles. The van der Waals surface area contributed by atoms with Crippen molar-refractivity contribution in [3.05, 3.63) is 82.9 Å². The first-order chi connectivity index (χ1) is 14.4. The number of carbonyl (C=O) groups is 1. The van der Waals surface area contributed by atoms with Gasteiger partial charge in [0.2, 0.25) is 0 Å². The molecule has 2 N–H and O–H groups in total. The normalized spacial score (nSPS) is 10.2. The van der Waals surface area contributed by atoms with Crippen LogP contribution in [0, 0.1) is 18.3 Å². The monoisotopic (exact) mass is 401 g/mol. The summed E-state index contributed by atoms with van der Waals surface area (Å²) in [5.41, 5.74) is 9.91. The van der Waals surface area contributed by atoms with E-state index in [1.165, 1.54) is 12.0 Å². The van der Waals surface area contributed by atoms with Gasteiger partial charge in [-0.05, 0) is 54.4 Å². The molecule has 152 valence electrons. The summed E-state index contributed by atoms with van der Waals surface area (Å²) >= 11 is 0. The van der Waals surface area contributed by atoms with Gasteiger partial charge in [0.05, 0.1) is 35.7 Å². The number of para-hydroxylation sites is 1. The minimum Gasteiger partial charge on any atom is -0.495 e. The van der Waals surface area contributed by atoms with Gasteiger partial charge in [-0.3, -0.25) is 4.79 Å². The third kappa shape index (κ3) is 4.36. The van der Waals surface area contributed by atoms with Crippen molar-refractivity contribution in [3.8, 4) is 17.6 Å². The van der Waals surface area contributed by atoms with Crippen LogP contribution in [0.3, 0.4) is 0 Å². The lowest BCUT2D eigenvalue weighted by Gasteiger charge is -2.22. The molecule has 0 aliphatic rings. The van der Waals surface area contributed by atoms with E-state index in [1.807, 2.05) is 37.3 Å². The fourth-order valence-electron chi connectivity index (χ4n) is 3.05. The highest BCUT2D eigenvalue weighted by Crippen LogP contribution is 2.32. The van der Waals surface area contributed by atoms with E-state index in [-0.39, 0.29) is 5.91 Å². The van der Waals surface area contributed by atoms with E-state index < -0.39 is 0 Å². The first-order valence-electron chi connectivity index (χ1n) is 9.37. The average molecular weight is 401 g/mol. The van der Waals surface area contributed by atoms with Crippen LogP contribution < -0.4 is 20.1 Å². The number of anilines is 2. The van der Waals surface area contributed by atoms with Crippen LogP contribution >= 0.6 is 0 Å². The molecule has 1 amide bonds. The van der Waals surface area contributed by atoms with Crippen LogP contribution in [0.5, 0.6) is 11.5 Å². The molecule has 3 aromatic rings. The Hall–Kier alpha value is -3.98. The molecule has 0 aliphatic carbocycles. The van der Waals surface area contributed by atoms with Gasteiger partial charge >= 0.3 is 0 Å². The number of nitrogen functional groups attached to an aromatic ring is 1. The molecule has 0 bridgehead atoms. The van der Waals surface area contributed by atoms with Crippen LogP contribution in [-0.2, 0) is 6.61 Å². The molecule has 0 heterocycles. The predicted molar refractivity (Wildman–Crippen MR) is 117 cm³/mol. The standard InChI is InChI=1S/C24H23N3O3/c1-16-7-12-20(22(13-16)30-15-18-10-8-17(14-25)9-11-18)27(2)24(28)19-5-4-6-21(29-3)23(19)26/h4-13H,15,26H2,1-3H3. The number of methoxy groups -OCH3 is 1. The van der Waals surface area contributed by atoms with E-state index in [9.17, 15) is 4.79 Å². The zero-order valence-corrected chi connectivity index (χ0v) is 17.2. The van der Waals surface area contributed by atoms with Gasteiger partial charge in [-0.15, -0.1) is 0 Å². The van der Waals surface area contributed by atoms with Crippen LogP contribution in [0.1, 0.15) is 27.0 Å². The van der Waals surface area contributed by atoms with Gasteiger partial charge in [0.15, 0.2) is 0 Å². The number of hydrogen-bond acceptors (Lipinski definition) is 5. The zero-order valence-electron chi connectivity index (χ0n) is 17.2. The molecular formula is C24H23N3O3. The quantitative estimate of drug-likeness (QED) is 0.622. The molecule has 0 radical (unpaired) electrons. The van der Waals surface area contributed by atoms with Gasteiger partial charge < -0.3 is 20.1 Å². The van der Waals surface area contributed by atoms with E-state index in [0.29, 0.717) is 40.6 Å². The summed E-state index contributed by atoms with van der Waals surface area (Å²) in [4.78, 5) is 14.6.